The molecule has 1 heterocycles. The van der Waals surface area contributed by atoms with Gasteiger partial charge in [-0.2, -0.15) is 13.2 Å². The SMILES string of the molecule is Cc1ccc(SCC(=O)N2c3ccccc3NC(=O)CC2C(F)(F)F)cc1C. The van der Waals surface area contributed by atoms with Gasteiger partial charge in [0.15, 0.2) is 0 Å². The topological polar surface area (TPSA) is 49.4 Å². The van der Waals surface area contributed by atoms with Crippen molar-refractivity contribution < 1.29 is 22.8 Å². The van der Waals surface area contributed by atoms with E-state index in [4.69, 9.17) is 0 Å². The van der Waals surface area contributed by atoms with Crippen LogP contribution in [0.15, 0.2) is 47.4 Å². The van der Waals surface area contributed by atoms with Gasteiger partial charge in [0.2, 0.25) is 11.8 Å². The van der Waals surface area contributed by atoms with E-state index in [2.05, 4.69) is 5.32 Å². The third-order valence-electron chi connectivity index (χ3n) is 4.62. The van der Waals surface area contributed by atoms with Crippen LogP contribution in [0.4, 0.5) is 24.5 Å². The van der Waals surface area contributed by atoms with Crippen molar-refractivity contribution in [1.29, 1.82) is 0 Å². The van der Waals surface area contributed by atoms with E-state index in [-0.39, 0.29) is 17.1 Å². The molecular formula is C20H19F3N2O2S. The molecule has 3 rings (SSSR count). The summed E-state index contributed by atoms with van der Waals surface area (Å²) in [6.45, 7) is 3.89. The lowest BCUT2D eigenvalue weighted by atomic mass is 10.1. The predicted molar refractivity (Wildman–Crippen MR) is 104 cm³/mol. The maximum Gasteiger partial charge on any atom is 0.409 e. The number of carbonyl (C=O) groups is 2. The number of rotatable bonds is 3. The maximum atomic E-state index is 13.7. The number of amides is 2. The van der Waals surface area contributed by atoms with Gasteiger partial charge in [0.1, 0.15) is 6.04 Å². The third-order valence-corrected chi connectivity index (χ3v) is 5.59. The van der Waals surface area contributed by atoms with Crippen LogP contribution in [0.5, 0.6) is 0 Å². The molecule has 1 atom stereocenters. The van der Waals surface area contributed by atoms with Gasteiger partial charge >= 0.3 is 6.18 Å². The Hall–Kier alpha value is -2.48. The number of para-hydroxylation sites is 2. The zero-order valence-corrected chi connectivity index (χ0v) is 16.2. The Morgan fingerprint density at radius 2 is 1.89 bits per heavy atom. The highest BCUT2D eigenvalue weighted by molar-refractivity contribution is 8.00. The van der Waals surface area contributed by atoms with Gasteiger partial charge in [0.05, 0.1) is 23.5 Å². The molecule has 1 N–H and O–H groups in total. The Balaban J connectivity index is 1.91. The van der Waals surface area contributed by atoms with Gasteiger partial charge in [-0.3, -0.25) is 14.5 Å². The standard InChI is InChI=1S/C20H19F3N2O2S/c1-12-7-8-14(9-13(12)2)28-11-19(27)25-16-6-4-3-5-15(16)24-18(26)10-17(25)20(21,22)23/h3-9,17H,10-11H2,1-2H3,(H,24,26). The molecule has 148 valence electrons. The van der Waals surface area contributed by atoms with Gasteiger partial charge in [-0.25, -0.2) is 0 Å². The second-order valence-corrected chi connectivity index (χ2v) is 7.67. The molecule has 1 aliphatic rings. The van der Waals surface area contributed by atoms with Crippen molar-refractivity contribution in [3.63, 3.8) is 0 Å². The molecule has 28 heavy (non-hydrogen) atoms. The van der Waals surface area contributed by atoms with Crippen LogP contribution in [0.2, 0.25) is 0 Å². The van der Waals surface area contributed by atoms with Crippen molar-refractivity contribution in [2.45, 2.75) is 37.4 Å². The maximum absolute atomic E-state index is 13.7. The van der Waals surface area contributed by atoms with Gasteiger partial charge in [-0.1, -0.05) is 18.2 Å². The van der Waals surface area contributed by atoms with Crippen LogP contribution in [0.3, 0.4) is 0 Å². The fraction of sp³-hybridized carbons (Fsp3) is 0.300. The Labute approximate surface area is 165 Å². The Morgan fingerprint density at radius 3 is 2.57 bits per heavy atom. The first-order valence-corrected chi connectivity index (χ1v) is 9.63. The van der Waals surface area contributed by atoms with E-state index in [0.29, 0.717) is 4.90 Å². The number of nitrogens with zero attached hydrogens (tertiary/aromatic N) is 1. The van der Waals surface area contributed by atoms with Gasteiger partial charge in [-0.15, -0.1) is 11.8 Å². The number of thioether (sulfide) groups is 1. The molecule has 2 aromatic carbocycles. The lowest BCUT2D eigenvalue weighted by Gasteiger charge is -2.31. The first kappa shape index (κ1) is 20.3. The average Bonchev–Trinajstić information content (AvgIpc) is 2.78. The van der Waals surface area contributed by atoms with Gasteiger partial charge in [0.25, 0.3) is 0 Å². The van der Waals surface area contributed by atoms with Crippen LogP contribution in [0.25, 0.3) is 0 Å². The fourth-order valence-electron chi connectivity index (χ4n) is 3.01. The van der Waals surface area contributed by atoms with Gasteiger partial charge in [-0.05, 0) is 49.2 Å². The minimum Gasteiger partial charge on any atom is -0.324 e. The molecule has 0 fully saturated rings. The smallest absolute Gasteiger partial charge is 0.324 e. The van der Waals surface area contributed by atoms with Crippen LogP contribution >= 0.6 is 11.8 Å². The van der Waals surface area contributed by atoms with E-state index in [1.165, 1.54) is 23.9 Å². The number of fused-ring (bicyclic) bond motifs is 1. The highest BCUT2D eigenvalue weighted by atomic mass is 32.2. The van der Waals surface area contributed by atoms with E-state index in [1.54, 1.807) is 12.1 Å². The van der Waals surface area contributed by atoms with Crippen molar-refractivity contribution in [3.8, 4) is 0 Å². The monoisotopic (exact) mass is 408 g/mol. The summed E-state index contributed by atoms with van der Waals surface area (Å²) >= 11 is 1.18. The molecule has 0 aromatic heterocycles. The molecule has 4 nitrogen and oxygen atoms in total. The first-order chi connectivity index (χ1) is 13.2. The third kappa shape index (κ3) is 4.32. The van der Waals surface area contributed by atoms with Crippen LogP contribution in [0.1, 0.15) is 17.5 Å². The van der Waals surface area contributed by atoms with Crippen LogP contribution in [-0.4, -0.2) is 29.8 Å². The second-order valence-electron chi connectivity index (χ2n) is 6.63. The lowest BCUT2D eigenvalue weighted by molar-refractivity contribution is -0.157. The first-order valence-electron chi connectivity index (χ1n) is 8.64. The van der Waals surface area contributed by atoms with Crippen molar-refractivity contribution in [1.82, 2.24) is 0 Å². The van der Waals surface area contributed by atoms with Crippen molar-refractivity contribution in [2.75, 3.05) is 16.0 Å². The Kier molecular flexibility index (Phi) is 5.69. The summed E-state index contributed by atoms with van der Waals surface area (Å²) < 4.78 is 41.0. The molecule has 0 saturated heterocycles. The van der Waals surface area contributed by atoms with E-state index in [1.807, 2.05) is 32.0 Å². The number of hydrogen-bond donors (Lipinski definition) is 1. The zero-order chi connectivity index (χ0) is 20.5. The molecule has 0 bridgehead atoms. The number of anilines is 2. The molecule has 0 saturated carbocycles. The fourth-order valence-corrected chi connectivity index (χ4v) is 3.87. The zero-order valence-electron chi connectivity index (χ0n) is 15.3. The second kappa shape index (κ2) is 7.87. The summed E-state index contributed by atoms with van der Waals surface area (Å²) in [6, 6.07) is 9.48. The summed E-state index contributed by atoms with van der Waals surface area (Å²) in [7, 11) is 0. The summed E-state index contributed by atoms with van der Waals surface area (Å²) in [4.78, 5) is 26.3. The van der Waals surface area contributed by atoms with E-state index in [0.717, 1.165) is 16.0 Å². The highest BCUT2D eigenvalue weighted by Gasteiger charge is 2.48. The Bertz CT molecular complexity index is 915. The molecule has 0 aliphatic carbocycles. The summed E-state index contributed by atoms with van der Waals surface area (Å²) in [5.74, 6) is -1.64. The van der Waals surface area contributed by atoms with Gasteiger partial charge < -0.3 is 5.32 Å². The summed E-state index contributed by atoms with van der Waals surface area (Å²) in [6.07, 6.45) is -5.56. The van der Waals surface area contributed by atoms with E-state index >= 15 is 0 Å². The average molecular weight is 408 g/mol. The van der Waals surface area contributed by atoms with Crippen molar-refractivity contribution in [3.05, 3.63) is 53.6 Å². The van der Waals surface area contributed by atoms with Crippen molar-refractivity contribution >= 4 is 35.0 Å². The predicted octanol–water partition coefficient (Wildman–Crippen LogP) is 4.70. The number of halogens is 3. The molecule has 0 radical (unpaired) electrons. The number of benzene rings is 2. The number of nitrogens with one attached hydrogen (secondary N) is 1. The highest BCUT2D eigenvalue weighted by Crippen LogP contribution is 2.38. The largest absolute Gasteiger partial charge is 0.409 e. The summed E-state index contributed by atoms with van der Waals surface area (Å²) in [5, 5.41) is 2.46. The minimum atomic E-state index is -4.73. The lowest BCUT2D eigenvalue weighted by Crippen LogP contribution is -2.50. The number of carbonyl (C=O) groups excluding carboxylic acids is 2. The number of aryl methyl sites for hydroxylation is 2. The minimum absolute atomic E-state index is 0.0568. The Morgan fingerprint density at radius 1 is 1.18 bits per heavy atom. The number of alkyl halides is 3. The van der Waals surface area contributed by atoms with Gasteiger partial charge in [0, 0.05) is 4.90 Å². The normalized spacial score (nSPS) is 17.0. The molecule has 8 heteroatoms. The molecule has 0 spiro atoms. The molecule has 2 amide bonds. The number of hydrogen-bond acceptors (Lipinski definition) is 3. The van der Waals surface area contributed by atoms with Crippen molar-refractivity contribution in [2.24, 2.45) is 0 Å². The molecule has 2 aromatic rings. The van der Waals surface area contributed by atoms with E-state index in [9.17, 15) is 22.8 Å². The van der Waals surface area contributed by atoms with E-state index < -0.39 is 30.5 Å². The van der Waals surface area contributed by atoms with Crippen LogP contribution in [0, 0.1) is 13.8 Å². The quantitative estimate of drug-likeness (QED) is 0.749. The summed E-state index contributed by atoms with van der Waals surface area (Å²) in [5.41, 5.74) is 2.39. The molecule has 1 unspecified atom stereocenters. The molecule has 1 aliphatic heterocycles. The molecular weight excluding hydrogens is 389 g/mol. The van der Waals surface area contributed by atoms with Crippen LogP contribution < -0.4 is 10.2 Å². The van der Waals surface area contributed by atoms with Crippen LogP contribution in [-0.2, 0) is 9.59 Å².